The van der Waals surface area contributed by atoms with Gasteiger partial charge in [0.1, 0.15) is 5.69 Å². The summed E-state index contributed by atoms with van der Waals surface area (Å²) in [5.74, 6) is 2.10. The summed E-state index contributed by atoms with van der Waals surface area (Å²) in [6, 6.07) is 1.76. The van der Waals surface area contributed by atoms with Gasteiger partial charge in [-0.2, -0.15) is 10.1 Å². The van der Waals surface area contributed by atoms with Crippen molar-refractivity contribution in [3.63, 3.8) is 0 Å². The maximum Gasteiger partial charge on any atom is 0.274 e. The molecule has 1 saturated carbocycles. The minimum atomic E-state index is -0.0431. The molecule has 146 valence electrons. The Balaban J connectivity index is 1.20. The van der Waals surface area contributed by atoms with Crippen LogP contribution in [-0.2, 0) is 17.7 Å². The molecule has 1 amide bonds. The van der Waals surface area contributed by atoms with E-state index in [9.17, 15) is 4.79 Å². The van der Waals surface area contributed by atoms with E-state index in [1.807, 2.05) is 13.1 Å². The maximum absolute atomic E-state index is 12.4. The zero-order valence-electron chi connectivity index (χ0n) is 15.8. The molecule has 1 saturated heterocycles. The fraction of sp³-hybridized carbons (Fsp3) is 0.684. The lowest BCUT2D eigenvalue weighted by Gasteiger charge is -2.36. The minimum absolute atomic E-state index is 0.0431. The van der Waals surface area contributed by atoms with Crippen molar-refractivity contribution in [2.75, 3.05) is 26.3 Å². The van der Waals surface area contributed by atoms with Gasteiger partial charge in [0.15, 0.2) is 5.82 Å². The third kappa shape index (κ3) is 4.21. The van der Waals surface area contributed by atoms with Gasteiger partial charge in [-0.25, -0.2) is 0 Å². The van der Waals surface area contributed by atoms with E-state index in [2.05, 4.69) is 15.2 Å². The van der Waals surface area contributed by atoms with E-state index in [1.165, 1.54) is 25.7 Å². The van der Waals surface area contributed by atoms with Gasteiger partial charge in [-0.1, -0.05) is 18.0 Å². The highest BCUT2D eigenvalue weighted by atomic mass is 16.5. The van der Waals surface area contributed by atoms with Crippen molar-refractivity contribution >= 4 is 5.91 Å². The van der Waals surface area contributed by atoms with Gasteiger partial charge in [-0.3, -0.25) is 9.48 Å². The first-order valence-corrected chi connectivity index (χ1v) is 9.96. The van der Waals surface area contributed by atoms with Crippen LogP contribution in [0.3, 0.4) is 0 Å². The molecule has 0 aromatic carbocycles. The van der Waals surface area contributed by atoms with E-state index < -0.39 is 0 Å². The topological polar surface area (TPSA) is 86.3 Å². The van der Waals surface area contributed by atoms with Crippen LogP contribution in [-0.4, -0.2) is 57.0 Å². The van der Waals surface area contributed by atoms with Gasteiger partial charge in [0.2, 0.25) is 5.89 Å². The summed E-state index contributed by atoms with van der Waals surface area (Å²) in [7, 11) is 0. The maximum atomic E-state index is 12.4. The highest BCUT2D eigenvalue weighted by Gasteiger charge is 2.36. The Morgan fingerprint density at radius 3 is 2.89 bits per heavy atom. The zero-order chi connectivity index (χ0) is 18.6. The lowest BCUT2D eigenvalue weighted by atomic mass is 10.00. The molecule has 8 nitrogen and oxygen atoms in total. The second kappa shape index (κ2) is 8.21. The van der Waals surface area contributed by atoms with Crippen molar-refractivity contribution in [1.29, 1.82) is 0 Å². The molecule has 2 fully saturated rings. The molecule has 4 rings (SSSR count). The van der Waals surface area contributed by atoms with E-state index in [4.69, 9.17) is 9.26 Å². The molecule has 27 heavy (non-hydrogen) atoms. The van der Waals surface area contributed by atoms with E-state index in [0.29, 0.717) is 43.5 Å². The van der Waals surface area contributed by atoms with Gasteiger partial charge in [0, 0.05) is 38.9 Å². The SMILES string of the molecule is CCn1ccc(C(=O)N2CC(c3nc(CCOCC4CCCC4)no3)C2)n1. The van der Waals surface area contributed by atoms with E-state index in [1.54, 1.807) is 15.6 Å². The molecule has 0 spiro atoms. The number of aromatic nitrogens is 4. The van der Waals surface area contributed by atoms with Crippen LogP contribution in [0.4, 0.5) is 0 Å². The summed E-state index contributed by atoms with van der Waals surface area (Å²) in [6.45, 7) is 5.41. The normalized spacial score (nSPS) is 18.2. The lowest BCUT2D eigenvalue weighted by molar-refractivity contribution is 0.0562. The number of nitrogens with zero attached hydrogens (tertiary/aromatic N) is 5. The molecule has 0 unspecified atom stereocenters. The Kier molecular flexibility index (Phi) is 5.52. The molecule has 2 aliphatic rings. The van der Waals surface area contributed by atoms with Crippen LogP contribution in [0.15, 0.2) is 16.8 Å². The van der Waals surface area contributed by atoms with Gasteiger partial charge >= 0.3 is 0 Å². The first kappa shape index (κ1) is 18.2. The molecule has 2 aromatic rings. The average molecular weight is 373 g/mol. The molecule has 1 aliphatic heterocycles. The molecule has 0 atom stereocenters. The van der Waals surface area contributed by atoms with Crippen molar-refractivity contribution in [3.8, 4) is 0 Å². The largest absolute Gasteiger partial charge is 0.381 e. The fourth-order valence-corrected chi connectivity index (χ4v) is 3.74. The second-order valence-electron chi connectivity index (χ2n) is 7.49. The number of hydrogen-bond donors (Lipinski definition) is 0. The molecule has 2 aromatic heterocycles. The summed E-state index contributed by atoms with van der Waals surface area (Å²) in [4.78, 5) is 18.6. The predicted octanol–water partition coefficient (Wildman–Crippen LogP) is 2.27. The van der Waals surface area contributed by atoms with Crippen LogP contribution in [0.25, 0.3) is 0 Å². The highest BCUT2D eigenvalue weighted by Crippen LogP contribution is 2.27. The number of carbonyl (C=O) groups excluding carboxylic acids is 1. The molecule has 0 bridgehead atoms. The number of hydrogen-bond acceptors (Lipinski definition) is 6. The Bertz CT molecular complexity index is 759. The Morgan fingerprint density at radius 2 is 2.15 bits per heavy atom. The summed E-state index contributed by atoms with van der Waals surface area (Å²) >= 11 is 0. The molecule has 8 heteroatoms. The van der Waals surface area contributed by atoms with E-state index >= 15 is 0 Å². The number of carbonyl (C=O) groups is 1. The monoisotopic (exact) mass is 373 g/mol. The predicted molar refractivity (Wildman–Crippen MR) is 97.3 cm³/mol. The quantitative estimate of drug-likeness (QED) is 0.660. The van der Waals surface area contributed by atoms with Gasteiger partial charge in [-0.15, -0.1) is 0 Å². The Hall–Kier alpha value is -2.22. The smallest absolute Gasteiger partial charge is 0.274 e. The molecule has 0 radical (unpaired) electrons. The third-order valence-electron chi connectivity index (χ3n) is 5.48. The number of rotatable bonds is 8. The standard InChI is InChI=1S/C19H27N5O3/c1-2-24-9-7-16(21-24)19(25)23-11-15(12-23)18-20-17(22-27-18)8-10-26-13-14-5-3-4-6-14/h7,9,14-15H,2-6,8,10-13H2,1H3. The van der Waals surface area contributed by atoms with E-state index in [0.717, 1.165) is 19.1 Å². The van der Waals surface area contributed by atoms with Gasteiger partial charge < -0.3 is 14.2 Å². The highest BCUT2D eigenvalue weighted by molar-refractivity contribution is 5.92. The van der Waals surface area contributed by atoms with Gasteiger partial charge in [0.05, 0.1) is 12.5 Å². The molecular weight excluding hydrogens is 346 g/mol. The number of likely N-dealkylation sites (tertiary alicyclic amines) is 1. The fourth-order valence-electron chi connectivity index (χ4n) is 3.74. The molecule has 0 N–H and O–H groups in total. The Labute approximate surface area is 158 Å². The van der Waals surface area contributed by atoms with Crippen LogP contribution in [0.2, 0.25) is 0 Å². The zero-order valence-corrected chi connectivity index (χ0v) is 15.8. The van der Waals surface area contributed by atoms with Crippen LogP contribution in [0, 0.1) is 5.92 Å². The van der Waals surface area contributed by atoms with Crippen LogP contribution in [0.5, 0.6) is 0 Å². The third-order valence-corrected chi connectivity index (χ3v) is 5.48. The minimum Gasteiger partial charge on any atom is -0.381 e. The average Bonchev–Trinajstić information content (AvgIpc) is 3.38. The van der Waals surface area contributed by atoms with Crippen LogP contribution >= 0.6 is 0 Å². The van der Waals surface area contributed by atoms with Gasteiger partial charge in [-0.05, 0) is 31.7 Å². The summed E-state index contributed by atoms with van der Waals surface area (Å²) in [5, 5.41) is 8.31. The first-order valence-electron chi connectivity index (χ1n) is 9.96. The summed E-state index contributed by atoms with van der Waals surface area (Å²) < 4.78 is 12.9. The number of aryl methyl sites for hydroxylation is 1. The molecule has 3 heterocycles. The summed E-state index contributed by atoms with van der Waals surface area (Å²) in [6.07, 6.45) is 7.75. The van der Waals surface area contributed by atoms with Crippen molar-refractivity contribution in [2.45, 2.75) is 51.5 Å². The lowest BCUT2D eigenvalue weighted by Crippen LogP contribution is -2.48. The Morgan fingerprint density at radius 1 is 1.33 bits per heavy atom. The van der Waals surface area contributed by atoms with Crippen LogP contribution in [0.1, 0.15) is 60.7 Å². The molecular formula is C19H27N5O3. The first-order chi connectivity index (χ1) is 13.2. The molecule has 1 aliphatic carbocycles. The second-order valence-corrected chi connectivity index (χ2v) is 7.49. The van der Waals surface area contributed by atoms with Crippen molar-refractivity contribution < 1.29 is 14.1 Å². The number of amides is 1. The van der Waals surface area contributed by atoms with E-state index in [-0.39, 0.29) is 11.8 Å². The summed E-state index contributed by atoms with van der Waals surface area (Å²) in [5.41, 5.74) is 0.487. The van der Waals surface area contributed by atoms with Crippen molar-refractivity contribution in [2.24, 2.45) is 5.92 Å². The van der Waals surface area contributed by atoms with Gasteiger partial charge in [0.25, 0.3) is 5.91 Å². The van der Waals surface area contributed by atoms with Crippen molar-refractivity contribution in [1.82, 2.24) is 24.8 Å². The van der Waals surface area contributed by atoms with Crippen LogP contribution < -0.4 is 0 Å². The van der Waals surface area contributed by atoms with Crippen molar-refractivity contribution in [3.05, 3.63) is 29.7 Å². The number of ether oxygens (including phenoxy) is 1.